The monoisotopic (exact) mass is 615 g/mol. The minimum absolute atomic E-state index is 0.105. The van der Waals surface area contributed by atoms with Gasteiger partial charge in [-0.3, -0.25) is 19.3 Å². The number of rotatable bonds is 10. The van der Waals surface area contributed by atoms with Crippen LogP contribution >= 0.6 is 0 Å². The third-order valence-electron chi connectivity index (χ3n) is 7.39. The van der Waals surface area contributed by atoms with Gasteiger partial charge in [0.25, 0.3) is 5.91 Å². The highest BCUT2D eigenvalue weighted by Crippen LogP contribution is 2.47. The lowest BCUT2D eigenvalue weighted by Gasteiger charge is -2.22. The van der Waals surface area contributed by atoms with Crippen molar-refractivity contribution in [3.63, 3.8) is 0 Å². The molecule has 0 aliphatic heterocycles. The van der Waals surface area contributed by atoms with Crippen LogP contribution in [0.1, 0.15) is 70.3 Å². The Bertz CT molecular complexity index is 1710. The number of hydrogen-bond donors (Lipinski definition) is 2. The average molecular weight is 616 g/mol. The van der Waals surface area contributed by atoms with E-state index in [9.17, 15) is 35.9 Å². The Morgan fingerprint density at radius 1 is 1.07 bits per heavy atom. The number of benzene rings is 2. The lowest BCUT2D eigenvalue weighted by Crippen LogP contribution is -2.34. The second kappa shape index (κ2) is 12.1. The summed E-state index contributed by atoms with van der Waals surface area (Å²) in [7, 11) is 0. The highest BCUT2D eigenvalue weighted by molar-refractivity contribution is 5.94. The van der Waals surface area contributed by atoms with E-state index in [1.165, 1.54) is 18.3 Å². The fourth-order valence-corrected chi connectivity index (χ4v) is 5.40. The second-order valence-corrected chi connectivity index (χ2v) is 10.6. The molecule has 2 amide bonds. The number of alkyl halides is 3. The lowest BCUT2D eigenvalue weighted by atomic mass is 9.94. The molecule has 230 valence electrons. The zero-order chi connectivity index (χ0) is 31.8. The molecule has 3 N–H and O–H groups in total. The normalized spacial score (nSPS) is 14.0. The molecule has 0 radical (unpaired) electrons. The van der Waals surface area contributed by atoms with E-state index in [0.29, 0.717) is 35.7 Å². The van der Waals surface area contributed by atoms with Gasteiger partial charge in [0.05, 0.1) is 17.3 Å². The predicted molar refractivity (Wildman–Crippen MR) is 148 cm³/mol. The number of pyridine rings is 1. The maximum Gasteiger partial charge on any atom is 0.435 e. The van der Waals surface area contributed by atoms with Gasteiger partial charge in [-0.2, -0.15) is 18.3 Å². The number of carbonyl (C=O) groups excluding carboxylic acids is 2. The van der Waals surface area contributed by atoms with Crippen LogP contribution in [0.15, 0.2) is 54.7 Å². The minimum atomic E-state index is -4.70. The van der Waals surface area contributed by atoms with E-state index >= 15 is 0 Å². The molecule has 44 heavy (non-hydrogen) atoms. The fraction of sp³-hybridized carbons (Fsp3) is 0.290. The molecule has 0 unspecified atom stereocenters. The van der Waals surface area contributed by atoms with E-state index in [-0.39, 0.29) is 41.1 Å². The number of hydrogen-bond acceptors (Lipinski definition) is 4. The van der Waals surface area contributed by atoms with Crippen molar-refractivity contribution in [3.8, 4) is 11.1 Å². The Morgan fingerprint density at radius 3 is 2.39 bits per heavy atom. The van der Waals surface area contributed by atoms with Gasteiger partial charge in [-0.1, -0.05) is 19.1 Å². The third-order valence-corrected chi connectivity index (χ3v) is 7.39. The predicted octanol–water partition coefficient (Wildman–Crippen LogP) is 6.02. The standard InChI is InChI=1S/C31H27F6N5O2/c1-2-25-27(17-5-6-17)29(31(35,36)37)41-42(25)15-26(43)40-24(12-16-10-19(32)14-20(33)11-16)28-21(4-3-9-39-28)18-7-8-23(34)22(13-18)30(38)44/h3-4,7-11,13-14,17,24H,2,5-6,12,15H2,1H3,(H2,38,44)(H,40,43)/t24-/m0/s1. The van der Waals surface area contributed by atoms with Gasteiger partial charge in [-0.15, -0.1) is 0 Å². The smallest absolute Gasteiger partial charge is 0.366 e. The molecule has 1 aliphatic carbocycles. The number of carbonyl (C=O) groups is 2. The van der Waals surface area contributed by atoms with E-state index in [0.717, 1.165) is 22.9 Å². The highest BCUT2D eigenvalue weighted by atomic mass is 19.4. The average Bonchev–Trinajstić information content (AvgIpc) is 3.72. The molecule has 1 saturated carbocycles. The summed E-state index contributed by atoms with van der Waals surface area (Å²) in [6, 6.07) is 8.56. The highest BCUT2D eigenvalue weighted by Gasteiger charge is 2.43. The molecule has 0 bridgehead atoms. The van der Waals surface area contributed by atoms with Crippen molar-refractivity contribution >= 4 is 11.8 Å². The fourth-order valence-electron chi connectivity index (χ4n) is 5.40. The van der Waals surface area contributed by atoms with E-state index in [1.807, 2.05) is 0 Å². The molecule has 4 aromatic rings. The van der Waals surface area contributed by atoms with Crippen LogP contribution in [0.5, 0.6) is 0 Å². The molecule has 1 fully saturated rings. The maximum atomic E-state index is 14.2. The van der Waals surface area contributed by atoms with Gasteiger partial charge >= 0.3 is 6.18 Å². The van der Waals surface area contributed by atoms with Crippen molar-refractivity contribution in [2.45, 2.75) is 57.3 Å². The largest absolute Gasteiger partial charge is 0.435 e. The van der Waals surface area contributed by atoms with E-state index in [4.69, 9.17) is 5.73 Å². The topological polar surface area (TPSA) is 103 Å². The van der Waals surface area contributed by atoms with Crippen LogP contribution in [0.2, 0.25) is 0 Å². The van der Waals surface area contributed by atoms with Crippen LogP contribution in [0.3, 0.4) is 0 Å². The number of amides is 2. The first-order chi connectivity index (χ1) is 20.8. The van der Waals surface area contributed by atoms with Gasteiger partial charge in [0, 0.05) is 29.1 Å². The first kappa shape index (κ1) is 30.8. The van der Waals surface area contributed by atoms with Gasteiger partial charge in [0.15, 0.2) is 5.69 Å². The van der Waals surface area contributed by atoms with Gasteiger partial charge in [-0.25, -0.2) is 13.2 Å². The first-order valence-corrected chi connectivity index (χ1v) is 13.8. The van der Waals surface area contributed by atoms with Crippen molar-refractivity contribution in [2.24, 2.45) is 5.73 Å². The summed E-state index contributed by atoms with van der Waals surface area (Å²) >= 11 is 0. The molecule has 2 aromatic carbocycles. The maximum absolute atomic E-state index is 14.2. The van der Waals surface area contributed by atoms with E-state index < -0.39 is 53.7 Å². The first-order valence-electron chi connectivity index (χ1n) is 13.8. The van der Waals surface area contributed by atoms with Gasteiger partial charge in [0.2, 0.25) is 5.91 Å². The lowest BCUT2D eigenvalue weighted by molar-refractivity contribution is -0.142. The quantitative estimate of drug-likeness (QED) is 0.213. The molecular weight excluding hydrogens is 588 g/mol. The summed E-state index contributed by atoms with van der Waals surface area (Å²) < 4.78 is 85.0. The van der Waals surface area contributed by atoms with Crippen LogP contribution in [0.4, 0.5) is 26.3 Å². The SMILES string of the molecule is CCc1c(C2CC2)c(C(F)(F)F)nn1CC(=O)N[C@@H](Cc1cc(F)cc(F)c1)c1ncccc1-c1ccc(F)c(C(N)=O)c1. The molecular formula is C31H27F6N5O2. The van der Waals surface area contributed by atoms with Crippen LogP contribution in [0, 0.1) is 17.5 Å². The Hall–Kier alpha value is -4.68. The summed E-state index contributed by atoms with van der Waals surface area (Å²) in [6.07, 6.45) is -2.05. The summed E-state index contributed by atoms with van der Waals surface area (Å²) in [4.78, 5) is 29.6. The number of primary amides is 1. The molecule has 0 spiro atoms. The van der Waals surface area contributed by atoms with Gasteiger partial charge in [-0.05, 0) is 73.1 Å². The van der Waals surface area contributed by atoms with Crippen LogP contribution in [-0.4, -0.2) is 26.6 Å². The van der Waals surface area contributed by atoms with Crippen molar-refractivity contribution in [1.29, 1.82) is 0 Å². The number of aromatic nitrogens is 3. The molecule has 0 saturated heterocycles. The molecule has 2 aromatic heterocycles. The van der Waals surface area contributed by atoms with Crippen molar-refractivity contribution in [2.75, 3.05) is 0 Å². The van der Waals surface area contributed by atoms with Crippen molar-refractivity contribution in [1.82, 2.24) is 20.1 Å². The van der Waals surface area contributed by atoms with E-state index in [1.54, 1.807) is 19.1 Å². The van der Waals surface area contributed by atoms with Crippen LogP contribution < -0.4 is 11.1 Å². The minimum Gasteiger partial charge on any atom is -0.366 e. The zero-order valence-corrected chi connectivity index (χ0v) is 23.4. The van der Waals surface area contributed by atoms with Crippen LogP contribution in [0.25, 0.3) is 11.1 Å². The Labute approximate surface area is 248 Å². The zero-order valence-electron chi connectivity index (χ0n) is 23.4. The molecule has 7 nitrogen and oxygen atoms in total. The Morgan fingerprint density at radius 2 is 1.77 bits per heavy atom. The molecule has 1 atom stereocenters. The number of halogens is 6. The number of nitrogens with two attached hydrogens (primary N) is 1. The number of nitrogens with one attached hydrogen (secondary N) is 1. The molecule has 13 heteroatoms. The van der Waals surface area contributed by atoms with Gasteiger partial charge < -0.3 is 11.1 Å². The van der Waals surface area contributed by atoms with Crippen molar-refractivity contribution in [3.05, 3.63) is 106 Å². The Balaban J connectivity index is 1.53. The summed E-state index contributed by atoms with van der Waals surface area (Å²) in [5.74, 6) is -4.56. The Kier molecular flexibility index (Phi) is 8.49. The van der Waals surface area contributed by atoms with Crippen LogP contribution in [-0.2, 0) is 30.4 Å². The molecule has 5 rings (SSSR count). The summed E-state index contributed by atoms with van der Waals surface area (Å²) in [5, 5.41) is 6.51. The van der Waals surface area contributed by atoms with E-state index in [2.05, 4.69) is 15.4 Å². The summed E-state index contributed by atoms with van der Waals surface area (Å²) in [5.41, 5.74) is 5.35. The molecule has 2 heterocycles. The summed E-state index contributed by atoms with van der Waals surface area (Å²) in [6.45, 7) is 1.12. The second-order valence-electron chi connectivity index (χ2n) is 10.6. The molecule has 1 aliphatic rings. The van der Waals surface area contributed by atoms with Crippen molar-refractivity contribution < 1.29 is 35.9 Å². The third kappa shape index (κ3) is 6.61. The number of nitrogens with zero attached hydrogens (tertiary/aromatic N) is 3. The van der Waals surface area contributed by atoms with Gasteiger partial charge in [0.1, 0.15) is 24.0 Å².